The van der Waals surface area contributed by atoms with E-state index in [1.165, 1.54) is 0 Å². The molecule has 0 unspecified atom stereocenters. The number of rotatable bonds is 6. The molecule has 0 radical (unpaired) electrons. The standard InChI is InChI=1S/C20H21ClN2O2/c1-3-23(11-12-25-2)20(24)19-18(14-7-5-4-6-8-14)16-13-15(21)9-10-17(16)22-19/h4-10,13,22H,3,11-12H2,1-2H3. The van der Waals surface area contributed by atoms with Crippen LogP contribution in [0.25, 0.3) is 22.0 Å². The molecule has 0 spiro atoms. The first kappa shape index (κ1) is 17.5. The van der Waals surface area contributed by atoms with Crippen LogP contribution in [-0.2, 0) is 4.74 Å². The van der Waals surface area contributed by atoms with Crippen molar-refractivity contribution in [1.82, 2.24) is 9.88 Å². The van der Waals surface area contributed by atoms with Crippen molar-refractivity contribution in [2.24, 2.45) is 0 Å². The van der Waals surface area contributed by atoms with E-state index in [2.05, 4.69) is 4.98 Å². The summed E-state index contributed by atoms with van der Waals surface area (Å²) >= 11 is 6.20. The van der Waals surface area contributed by atoms with E-state index in [4.69, 9.17) is 16.3 Å². The molecule has 1 heterocycles. The number of halogens is 1. The lowest BCUT2D eigenvalue weighted by molar-refractivity contribution is 0.0702. The smallest absolute Gasteiger partial charge is 0.271 e. The fourth-order valence-electron chi connectivity index (χ4n) is 2.99. The van der Waals surface area contributed by atoms with Crippen molar-refractivity contribution in [2.75, 3.05) is 26.8 Å². The van der Waals surface area contributed by atoms with Gasteiger partial charge in [-0.05, 0) is 30.7 Å². The van der Waals surface area contributed by atoms with Gasteiger partial charge in [-0.15, -0.1) is 0 Å². The number of methoxy groups -OCH3 is 1. The fraction of sp³-hybridized carbons (Fsp3) is 0.250. The highest BCUT2D eigenvalue weighted by Gasteiger charge is 2.23. The highest BCUT2D eigenvalue weighted by atomic mass is 35.5. The Hall–Kier alpha value is -2.30. The number of carbonyl (C=O) groups is 1. The highest BCUT2D eigenvalue weighted by molar-refractivity contribution is 6.31. The van der Waals surface area contributed by atoms with Crippen molar-refractivity contribution in [1.29, 1.82) is 0 Å². The number of amides is 1. The third kappa shape index (κ3) is 3.55. The lowest BCUT2D eigenvalue weighted by Gasteiger charge is -2.20. The van der Waals surface area contributed by atoms with E-state index >= 15 is 0 Å². The Bertz CT molecular complexity index is 874. The Balaban J connectivity index is 2.15. The number of aromatic nitrogens is 1. The van der Waals surface area contributed by atoms with Gasteiger partial charge in [-0.2, -0.15) is 0 Å². The largest absolute Gasteiger partial charge is 0.383 e. The molecule has 25 heavy (non-hydrogen) atoms. The number of fused-ring (bicyclic) bond motifs is 1. The number of hydrogen-bond donors (Lipinski definition) is 1. The van der Waals surface area contributed by atoms with Crippen LogP contribution in [0.3, 0.4) is 0 Å². The molecule has 0 aliphatic rings. The van der Waals surface area contributed by atoms with Gasteiger partial charge in [0.1, 0.15) is 5.69 Å². The Labute approximate surface area is 152 Å². The van der Waals surface area contributed by atoms with Crippen molar-refractivity contribution < 1.29 is 9.53 Å². The maximum absolute atomic E-state index is 13.1. The Morgan fingerprint density at radius 3 is 2.64 bits per heavy atom. The summed E-state index contributed by atoms with van der Waals surface area (Å²) in [5.41, 5.74) is 3.36. The summed E-state index contributed by atoms with van der Waals surface area (Å²) in [5.74, 6) is -0.0364. The predicted octanol–water partition coefficient (Wildman–Crippen LogP) is 4.60. The Morgan fingerprint density at radius 2 is 1.96 bits per heavy atom. The third-order valence-electron chi connectivity index (χ3n) is 4.27. The summed E-state index contributed by atoms with van der Waals surface area (Å²) in [6.45, 7) is 3.64. The zero-order valence-corrected chi connectivity index (χ0v) is 15.1. The van der Waals surface area contributed by atoms with Gasteiger partial charge in [0.05, 0.1) is 6.61 Å². The first-order chi connectivity index (χ1) is 12.2. The van der Waals surface area contributed by atoms with Crippen molar-refractivity contribution in [2.45, 2.75) is 6.92 Å². The quantitative estimate of drug-likeness (QED) is 0.701. The van der Waals surface area contributed by atoms with Crippen LogP contribution >= 0.6 is 11.6 Å². The number of benzene rings is 2. The second kappa shape index (κ2) is 7.72. The number of H-pyrrole nitrogens is 1. The molecule has 4 nitrogen and oxygen atoms in total. The number of likely N-dealkylation sites (N-methyl/N-ethyl adjacent to an activating group) is 1. The topological polar surface area (TPSA) is 45.3 Å². The molecule has 2 aromatic carbocycles. The van der Waals surface area contributed by atoms with Crippen LogP contribution in [-0.4, -0.2) is 42.6 Å². The zero-order chi connectivity index (χ0) is 17.8. The van der Waals surface area contributed by atoms with Crippen LogP contribution in [0.2, 0.25) is 5.02 Å². The Kier molecular flexibility index (Phi) is 5.41. The van der Waals surface area contributed by atoms with E-state index in [0.717, 1.165) is 22.0 Å². The van der Waals surface area contributed by atoms with Crippen LogP contribution < -0.4 is 0 Å². The van der Waals surface area contributed by atoms with E-state index in [9.17, 15) is 4.79 Å². The number of carbonyl (C=O) groups excluding carboxylic acids is 1. The van der Waals surface area contributed by atoms with Gasteiger partial charge in [-0.1, -0.05) is 41.9 Å². The van der Waals surface area contributed by atoms with Gasteiger partial charge in [0.25, 0.3) is 5.91 Å². The molecule has 1 aromatic heterocycles. The highest BCUT2D eigenvalue weighted by Crippen LogP contribution is 2.34. The lowest BCUT2D eigenvalue weighted by Crippen LogP contribution is -2.34. The molecule has 0 saturated heterocycles. The summed E-state index contributed by atoms with van der Waals surface area (Å²) in [5, 5.41) is 1.60. The zero-order valence-electron chi connectivity index (χ0n) is 14.4. The van der Waals surface area contributed by atoms with E-state index in [1.54, 1.807) is 12.0 Å². The number of ether oxygens (including phenoxy) is 1. The SMILES string of the molecule is CCN(CCOC)C(=O)c1[nH]c2ccc(Cl)cc2c1-c1ccccc1. The van der Waals surface area contributed by atoms with E-state index in [-0.39, 0.29) is 5.91 Å². The van der Waals surface area contributed by atoms with E-state index in [1.807, 2.05) is 55.5 Å². The molecule has 0 bridgehead atoms. The maximum atomic E-state index is 13.1. The van der Waals surface area contributed by atoms with Crippen molar-refractivity contribution >= 4 is 28.4 Å². The summed E-state index contributed by atoms with van der Waals surface area (Å²) in [7, 11) is 1.64. The minimum Gasteiger partial charge on any atom is -0.383 e. The molecule has 130 valence electrons. The molecule has 5 heteroatoms. The second-order valence-corrected chi connectivity index (χ2v) is 6.24. The average Bonchev–Trinajstić information content (AvgIpc) is 3.01. The summed E-state index contributed by atoms with van der Waals surface area (Å²) in [4.78, 5) is 18.2. The third-order valence-corrected chi connectivity index (χ3v) is 4.51. The van der Waals surface area contributed by atoms with Gasteiger partial charge in [0.2, 0.25) is 0 Å². The van der Waals surface area contributed by atoms with E-state index < -0.39 is 0 Å². The summed E-state index contributed by atoms with van der Waals surface area (Å²) in [6.07, 6.45) is 0. The van der Waals surface area contributed by atoms with Gasteiger partial charge >= 0.3 is 0 Å². The average molecular weight is 357 g/mol. The number of aromatic amines is 1. The van der Waals surface area contributed by atoms with Crippen molar-refractivity contribution in [3.63, 3.8) is 0 Å². The fourth-order valence-corrected chi connectivity index (χ4v) is 3.16. The molecule has 1 amide bonds. The molecular weight excluding hydrogens is 336 g/mol. The van der Waals surface area contributed by atoms with Gasteiger partial charge in [-0.25, -0.2) is 0 Å². The van der Waals surface area contributed by atoms with Gasteiger partial charge < -0.3 is 14.6 Å². The molecule has 0 saturated carbocycles. The minimum absolute atomic E-state index is 0.0364. The number of nitrogens with zero attached hydrogens (tertiary/aromatic N) is 1. The first-order valence-electron chi connectivity index (χ1n) is 8.30. The number of hydrogen-bond acceptors (Lipinski definition) is 2. The Morgan fingerprint density at radius 1 is 1.20 bits per heavy atom. The van der Waals surface area contributed by atoms with Crippen molar-refractivity contribution in [3.05, 3.63) is 59.2 Å². The second-order valence-electron chi connectivity index (χ2n) is 5.81. The molecule has 0 aliphatic carbocycles. The predicted molar refractivity (Wildman–Crippen MR) is 102 cm³/mol. The van der Waals surface area contributed by atoms with Crippen molar-refractivity contribution in [3.8, 4) is 11.1 Å². The van der Waals surface area contributed by atoms with Gasteiger partial charge in [0, 0.05) is 41.7 Å². The molecule has 3 rings (SSSR count). The van der Waals surface area contributed by atoms with E-state index in [0.29, 0.717) is 30.4 Å². The van der Waals surface area contributed by atoms with Crippen LogP contribution in [0.4, 0.5) is 0 Å². The normalized spacial score (nSPS) is 11.0. The van der Waals surface area contributed by atoms with Crippen LogP contribution in [0, 0.1) is 0 Å². The van der Waals surface area contributed by atoms with Crippen LogP contribution in [0.1, 0.15) is 17.4 Å². The number of nitrogens with one attached hydrogen (secondary N) is 1. The summed E-state index contributed by atoms with van der Waals surface area (Å²) in [6, 6.07) is 15.5. The van der Waals surface area contributed by atoms with Crippen LogP contribution in [0.5, 0.6) is 0 Å². The molecular formula is C20H21ClN2O2. The lowest BCUT2D eigenvalue weighted by atomic mass is 10.0. The maximum Gasteiger partial charge on any atom is 0.271 e. The minimum atomic E-state index is -0.0364. The molecule has 3 aromatic rings. The van der Waals surface area contributed by atoms with Gasteiger partial charge in [-0.3, -0.25) is 4.79 Å². The molecule has 0 fully saturated rings. The monoisotopic (exact) mass is 356 g/mol. The summed E-state index contributed by atoms with van der Waals surface area (Å²) < 4.78 is 5.13. The van der Waals surface area contributed by atoms with Crippen LogP contribution in [0.15, 0.2) is 48.5 Å². The van der Waals surface area contributed by atoms with Gasteiger partial charge in [0.15, 0.2) is 0 Å². The first-order valence-corrected chi connectivity index (χ1v) is 8.68. The molecule has 0 atom stereocenters. The molecule has 1 N–H and O–H groups in total. The molecule has 0 aliphatic heterocycles.